The number of piperidine rings is 1. The van der Waals surface area contributed by atoms with Gasteiger partial charge in [-0.3, -0.25) is 19.3 Å². The SMILES string of the molecule is O=C(NC1CC1)[C@@H]1COC2(CCN(C(=O)c3ccccc3F)CC2)N1C(=O)c1cccc(F)c1. The lowest BCUT2D eigenvalue weighted by atomic mass is 9.96. The van der Waals surface area contributed by atoms with Gasteiger partial charge in [-0.25, -0.2) is 8.78 Å². The number of amides is 3. The zero-order chi connectivity index (χ0) is 23.9. The van der Waals surface area contributed by atoms with Crippen molar-refractivity contribution in [1.29, 1.82) is 0 Å². The average Bonchev–Trinajstić information content (AvgIpc) is 3.58. The molecule has 2 aromatic rings. The molecule has 1 N–H and O–H groups in total. The Labute approximate surface area is 195 Å². The van der Waals surface area contributed by atoms with Crippen molar-refractivity contribution in [3.05, 3.63) is 71.3 Å². The standard InChI is InChI=1S/C25H25F2N3O4/c26-17-5-3-4-16(14-17)23(32)30-21(22(31)28-18-8-9-18)15-34-25(30)10-12-29(13-11-25)24(33)19-6-1-2-7-20(19)27/h1-7,14,18,21H,8-13,15H2,(H,28,31)/t21-/m0/s1. The van der Waals surface area contributed by atoms with Crippen LogP contribution in [0.5, 0.6) is 0 Å². The summed E-state index contributed by atoms with van der Waals surface area (Å²) in [6.07, 6.45) is 2.30. The summed E-state index contributed by atoms with van der Waals surface area (Å²) in [5, 5.41) is 2.93. The van der Waals surface area contributed by atoms with Crippen molar-refractivity contribution in [2.75, 3.05) is 19.7 Å². The quantitative estimate of drug-likeness (QED) is 0.747. The molecule has 0 radical (unpaired) electrons. The Hall–Kier alpha value is -3.33. The normalized spacial score (nSPS) is 21.5. The molecular formula is C25H25F2N3O4. The van der Waals surface area contributed by atoms with Crippen LogP contribution in [0.25, 0.3) is 0 Å². The Morgan fingerprint density at radius 3 is 2.38 bits per heavy atom. The topological polar surface area (TPSA) is 79.0 Å². The number of hydrogen-bond acceptors (Lipinski definition) is 4. The van der Waals surface area contributed by atoms with Gasteiger partial charge >= 0.3 is 0 Å². The van der Waals surface area contributed by atoms with Crippen molar-refractivity contribution in [3.8, 4) is 0 Å². The molecule has 0 bridgehead atoms. The summed E-state index contributed by atoms with van der Waals surface area (Å²) < 4.78 is 34.1. The van der Waals surface area contributed by atoms with E-state index in [4.69, 9.17) is 4.74 Å². The molecule has 2 aromatic carbocycles. The molecule has 1 saturated carbocycles. The minimum atomic E-state index is -1.11. The van der Waals surface area contributed by atoms with Gasteiger partial charge in [-0.15, -0.1) is 0 Å². The average molecular weight is 469 g/mol. The van der Waals surface area contributed by atoms with Gasteiger partial charge in [0.05, 0.1) is 12.2 Å². The highest BCUT2D eigenvalue weighted by Crippen LogP contribution is 2.39. The van der Waals surface area contributed by atoms with Crippen LogP contribution in [0, 0.1) is 11.6 Å². The fraction of sp³-hybridized carbons (Fsp3) is 0.400. The van der Waals surface area contributed by atoms with Gasteiger partial charge < -0.3 is 15.0 Å². The first-order chi connectivity index (χ1) is 16.4. The third-order valence-electron chi connectivity index (χ3n) is 6.71. The Bertz CT molecular complexity index is 1130. The van der Waals surface area contributed by atoms with Crippen LogP contribution in [0.4, 0.5) is 8.78 Å². The first-order valence-corrected chi connectivity index (χ1v) is 11.5. The highest BCUT2D eigenvalue weighted by atomic mass is 19.1. The number of nitrogens with one attached hydrogen (secondary N) is 1. The second-order valence-corrected chi connectivity index (χ2v) is 9.01. The molecule has 3 aliphatic rings. The van der Waals surface area contributed by atoms with Gasteiger partial charge in [0, 0.05) is 37.5 Å². The third-order valence-corrected chi connectivity index (χ3v) is 6.71. The lowest BCUT2D eigenvalue weighted by Gasteiger charge is -2.44. The molecule has 0 unspecified atom stereocenters. The van der Waals surface area contributed by atoms with Crippen molar-refractivity contribution in [2.24, 2.45) is 0 Å². The van der Waals surface area contributed by atoms with E-state index in [1.807, 2.05) is 0 Å². The lowest BCUT2D eigenvalue weighted by Crippen LogP contribution is -2.60. The minimum absolute atomic E-state index is 0.0137. The molecule has 5 rings (SSSR count). The number of halogens is 2. The third kappa shape index (κ3) is 4.16. The van der Waals surface area contributed by atoms with Crippen molar-refractivity contribution >= 4 is 17.7 Å². The molecule has 0 aromatic heterocycles. The number of carbonyl (C=O) groups is 3. The summed E-state index contributed by atoms with van der Waals surface area (Å²) in [6.45, 7) is 0.453. The van der Waals surface area contributed by atoms with E-state index in [-0.39, 0.29) is 55.6 Å². The van der Waals surface area contributed by atoms with Gasteiger partial charge in [-0.2, -0.15) is 0 Å². The maximum absolute atomic E-state index is 14.1. The van der Waals surface area contributed by atoms with E-state index >= 15 is 0 Å². The van der Waals surface area contributed by atoms with E-state index in [1.165, 1.54) is 46.2 Å². The molecule has 2 aliphatic heterocycles. The molecule has 2 heterocycles. The van der Waals surface area contributed by atoms with Crippen molar-refractivity contribution < 1.29 is 27.9 Å². The van der Waals surface area contributed by atoms with Gasteiger partial charge in [0.15, 0.2) is 0 Å². The van der Waals surface area contributed by atoms with E-state index in [9.17, 15) is 23.2 Å². The summed E-state index contributed by atoms with van der Waals surface area (Å²) in [7, 11) is 0. The number of nitrogens with zero attached hydrogens (tertiary/aromatic N) is 2. The molecule has 178 valence electrons. The van der Waals surface area contributed by atoms with Gasteiger partial charge in [0.2, 0.25) is 5.91 Å². The van der Waals surface area contributed by atoms with Crippen molar-refractivity contribution in [1.82, 2.24) is 15.1 Å². The molecule has 9 heteroatoms. The summed E-state index contributed by atoms with van der Waals surface area (Å²) in [5.74, 6) is -2.37. The molecular weight excluding hydrogens is 444 g/mol. The molecule has 3 fully saturated rings. The van der Waals surface area contributed by atoms with E-state index in [1.54, 1.807) is 6.07 Å². The maximum Gasteiger partial charge on any atom is 0.256 e. The smallest absolute Gasteiger partial charge is 0.256 e. The van der Waals surface area contributed by atoms with Crippen molar-refractivity contribution in [3.63, 3.8) is 0 Å². The first kappa shape index (κ1) is 22.5. The van der Waals surface area contributed by atoms with Crippen LogP contribution in [0.15, 0.2) is 48.5 Å². The van der Waals surface area contributed by atoms with Crippen LogP contribution in [0.3, 0.4) is 0 Å². The fourth-order valence-corrected chi connectivity index (χ4v) is 4.72. The first-order valence-electron chi connectivity index (χ1n) is 11.5. The molecule has 34 heavy (non-hydrogen) atoms. The molecule has 3 amide bonds. The highest BCUT2D eigenvalue weighted by molar-refractivity contribution is 5.99. The molecule has 2 saturated heterocycles. The van der Waals surface area contributed by atoms with Crippen LogP contribution in [0.1, 0.15) is 46.4 Å². The number of hydrogen-bond donors (Lipinski definition) is 1. The van der Waals surface area contributed by atoms with Gasteiger partial charge in [0.25, 0.3) is 11.8 Å². The largest absolute Gasteiger partial charge is 0.353 e. The summed E-state index contributed by atoms with van der Waals surface area (Å²) in [5.41, 5.74) is -1.000. The highest BCUT2D eigenvalue weighted by Gasteiger charge is 2.54. The molecule has 1 aliphatic carbocycles. The summed E-state index contributed by atoms with van der Waals surface area (Å²) in [4.78, 5) is 42.3. The Kier molecular flexibility index (Phi) is 5.81. The summed E-state index contributed by atoms with van der Waals surface area (Å²) in [6, 6.07) is 10.4. The monoisotopic (exact) mass is 469 g/mol. The molecule has 7 nitrogen and oxygen atoms in total. The second-order valence-electron chi connectivity index (χ2n) is 9.01. The molecule has 1 spiro atoms. The maximum atomic E-state index is 14.1. The zero-order valence-corrected chi connectivity index (χ0v) is 18.5. The van der Waals surface area contributed by atoms with E-state index in [0.29, 0.717) is 0 Å². The minimum Gasteiger partial charge on any atom is -0.353 e. The predicted molar refractivity (Wildman–Crippen MR) is 118 cm³/mol. The number of rotatable bonds is 4. The van der Waals surface area contributed by atoms with E-state index < -0.39 is 35.2 Å². The predicted octanol–water partition coefficient (Wildman–Crippen LogP) is 2.72. The number of ether oxygens (including phenoxy) is 1. The van der Waals surface area contributed by atoms with E-state index in [2.05, 4.69) is 5.32 Å². The number of carbonyl (C=O) groups excluding carboxylic acids is 3. The van der Waals surface area contributed by atoms with Gasteiger partial charge in [-0.1, -0.05) is 18.2 Å². The van der Waals surface area contributed by atoms with Crippen LogP contribution in [0.2, 0.25) is 0 Å². The second kappa shape index (κ2) is 8.79. The Morgan fingerprint density at radius 2 is 1.71 bits per heavy atom. The Balaban J connectivity index is 1.39. The number of likely N-dealkylation sites (tertiary alicyclic amines) is 1. The lowest BCUT2D eigenvalue weighted by molar-refractivity contribution is -0.128. The fourth-order valence-electron chi connectivity index (χ4n) is 4.72. The van der Waals surface area contributed by atoms with Gasteiger partial charge in [-0.05, 0) is 43.2 Å². The van der Waals surface area contributed by atoms with Gasteiger partial charge in [0.1, 0.15) is 23.4 Å². The van der Waals surface area contributed by atoms with Crippen LogP contribution < -0.4 is 5.32 Å². The zero-order valence-electron chi connectivity index (χ0n) is 18.5. The number of benzene rings is 2. The Morgan fingerprint density at radius 1 is 0.971 bits per heavy atom. The molecule has 1 atom stereocenters. The van der Waals surface area contributed by atoms with Crippen LogP contribution in [-0.2, 0) is 9.53 Å². The van der Waals surface area contributed by atoms with Crippen LogP contribution in [-0.4, -0.2) is 65.0 Å². The van der Waals surface area contributed by atoms with E-state index in [0.717, 1.165) is 18.9 Å². The van der Waals surface area contributed by atoms with Crippen LogP contribution >= 0.6 is 0 Å². The van der Waals surface area contributed by atoms with Crippen molar-refractivity contribution in [2.45, 2.75) is 43.5 Å². The summed E-state index contributed by atoms with van der Waals surface area (Å²) >= 11 is 0.